The molecule has 1 saturated heterocycles. The lowest BCUT2D eigenvalue weighted by Gasteiger charge is -2.39. The van der Waals surface area contributed by atoms with Crippen molar-refractivity contribution in [2.45, 2.75) is 32.6 Å². The highest BCUT2D eigenvalue weighted by Crippen LogP contribution is 2.35. The lowest BCUT2D eigenvalue weighted by atomic mass is 9.75. The van der Waals surface area contributed by atoms with Gasteiger partial charge in [0, 0.05) is 13.6 Å². The quantitative estimate of drug-likeness (QED) is 0.925. The molecule has 0 bridgehead atoms. The molecule has 2 rings (SSSR count). The van der Waals surface area contributed by atoms with Crippen molar-refractivity contribution in [3.05, 3.63) is 29.8 Å². The van der Waals surface area contributed by atoms with Gasteiger partial charge in [-0.05, 0) is 37.9 Å². The third kappa shape index (κ3) is 3.08. The third-order valence-corrected chi connectivity index (χ3v) is 4.34. The molecule has 21 heavy (non-hydrogen) atoms. The minimum atomic E-state index is -0.329. The van der Waals surface area contributed by atoms with E-state index in [9.17, 15) is 10.1 Å². The summed E-state index contributed by atoms with van der Waals surface area (Å²) in [6, 6.07) is 9.45. The largest absolute Gasteiger partial charge is 0.316 e. The van der Waals surface area contributed by atoms with Crippen molar-refractivity contribution >= 4 is 11.6 Å². The van der Waals surface area contributed by atoms with Crippen LogP contribution in [0, 0.1) is 16.7 Å². The predicted octanol–water partition coefficient (Wildman–Crippen LogP) is 2.69. The number of carbonyl (C=O) groups is 1. The zero-order chi connectivity index (χ0) is 15.3. The van der Waals surface area contributed by atoms with Crippen molar-refractivity contribution in [2.24, 2.45) is 5.41 Å². The van der Waals surface area contributed by atoms with E-state index in [1.807, 2.05) is 18.2 Å². The topological polar surface area (TPSA) is 56.1 Å². The molecule has 1 amide bonds. The number of hydrogen-bond donors (Lipinski definition) is 1. The fourth-order valence-corrected chi connectivity index (χ4v) is 3.28. The summed E-state index contributed by atoms with van der Waals surface area (Å²) >= 11 is 0. The van der Waals surface area contributed by atoms with Crippen molar-refractivity contribution in [3.63, 3.8) is 0 Å². The van der Waals surface area contributed by atoms with Gasteiger partial charge in [0.25, 0.3) is 0 Å². The molecule has 1 heterocycles. The standard InChI is InChI=1S/C17H23N3O/c1-3-9-17(10-6-11-19-13-17)16(21)20(2)15-8-5-4-7-14(15)12-18/h4-5,7-8,19H,3,6,9-11,13H2,1-2H3. The number of amides is 1. The van der Waals surface area contributed by atoms with Gasteiger partial charge in [0.05, 0.1) is 16.7 Å². The summed E-state index contributed by atoms with van der Waals surface area (Å²) in [5.41, 5.74) is 0.916. The van der Waals surface area contributed by atoms with Crippen LogP contribution in [0.5, 0.6) is 0 Å². The van der Waals surface area contributed by atoms with E-state index in [1.165, 1.54) is 0 Å². The predicted molar refractivity (Wildman–Crippen MR) is 84.0 cm³/mol. The molecule has 1 aromatic carbocycles. The van der Waals surface area contributed by atoms with Crippen LogP contribution in [-0.4, -0.2) is 26.0 Å². The number of piperidine rings is 1. The number of nitrogens with one attached hydrogen (secondary N) is 1. The fourth-order valence-electron chi connectivity index (χ4n) is 3.28. The summed E-state index contributed by atoms with van der Waals surface area (Å²) in [6.45, 7) is 3.84. The van der Waals surface area contributed by atoms with Gasteiger partial charge in [0.15, 0.2) is 0 Å². The molecule has 1 fully saturated rings. The van der Waals surface area contributed by atoms with Crippen LogP contribution in [0.4, 0.5) is 5.69 Å². The molecule has 1 aromatic rings. The van der Waals surface area contributed by atoms with E-state index in [-0.39, 0.29) is 11.3 Å². The van der Waals surface area contributed by atoms with Gasteiger partial charge >= 0.3 is 0 Å². The zero-order valence-corrected chi connectivity index (χ0v) is 12.9. The van der Waals surface area contributed by atoms with Crippen LogP contribution in [0.1, 0.15) is 38.2 Å². The Labute approximate surface area is 126 Å². The highest BCUT2D eigenvalue weighted by Gasteiger charge is 2.41. The monoisotopic (exact) mass is 285 g/mol. The summed E-state index contributed by atoms with van der Waals surface area (Å²) < 4.78 is 0. The summed E-state index contributed by atoms with van der Waals surface area (Å²) in [5, 5.41) is 12.6. The molecule has 0 saturated carbocycles. The summed E-state index contributed by atoms with van der Waals surface area (Å²) in [5.74, 6) is 0.124. The highest BCUT2D eigenvalue weighted by atomic mass is 16.2. The number of nitrogens with zero attached hydrogens (tertiary/aromatic N) is 2. The number of rotatable bonds is 4. The molecule has 0 radical (unpaired) electrons. The lowest BCUT2D eigenvalue weighted by Crippen LogP contribution is -2.51. The van der Waals surface area contributed by atoms with E-state index < -0.39 is 0 Å². The molecule has 0 aliphatic carbocycles. The van der Waals surface area contributed by atoms with Crippen LogP contribution in [-0.2, 0) is 4.79 Å². The number of carbonyl (C=O) groups excluding carboxylic acids is 1. The number of anilines is 1. The summed E-state index contributed by atoms with van der Waals surface area (Å²) in [7, 11) is 1.78. The first-order valence-electron chi connectivity index (χ1n) is 7.62. The maximum atomic E-state index is 13.1. The van der Waals surface area contributed by atoms with E-state index in [0.29, 0.717) is 11.3 Å². The van der Waals surface area contributed by atoms with Gasteiger partial charge in [-0.2, -0.15) is 5.26 Å². The number of para-hydroxylation sites is 1. The molecule has 0 spiro atoms. The molecule has 1 aliphatic heterocycles. The Kier molecular flexibility index (Phi) is 4.98. The SMILES string of the molecule is CCCC1(C(=O)N(C)c2ccccc2C#N)CCCNC1. The van der Waals surface area contributed by atoms with Crippen LogP contribution < -0.4 is 10.2 Å². The third-order valence-electron chi connectivity index (χ3n) is 4.34. The van der Waals surface area contributed by atoms with Gasteiger partial charge in [0.2, 0.25) is 5.91 Å². The molecular formula is C17H23N3O. The number of nitriles is 1. The summed E-state index contributed by atoms with van der Waals surface area (Å²) in [6.07, 6.45) is 3.82. The first-order valence-corrected chi connectivity index (χ1v) is 7.62. The Hall–Kier alpha value is -1.86. The van der Waals surface area contributed by atoms with Crippen LogP contribution in [0.15, 0.2) is 24.3 Å². The molecule has 1 aliphatic rings. The zero-order valence-electron chi connectivity index (χ0n) is 12.9. The average molecular weight is 285 g/mol. The second kappa shape index (κ2) is 6.73. The van der Waals surface area contributed by atoms with E-state index in [2.05, 4.69) is 18.3 Å². The minimum absolute atomic E-state index is 0.124. The van der Waals surface area contributed by atoms with E-state index in [1.54, 1.807) is 18.0 Å². The average Bonchev–Trinajstić information content (AvgIpc) is 2.54. The highest BCUT2D eigenvalue weighted by molar-refractivity contribution is 5.98. The van der Waals surface area contributed by atoms with E-state index in [0.717, 1.165) is 38.8 Å². The Bertz CT molecular complexity index is 536. The van der Waals surface area contributed by atoms with Crippen molar-refractivity contribution in [2.75, 3.05) is 25.0 Å². The molecule has 4 heteroatoms. The van der Waals surface area contributed by atoms with Crippen molar-refractivity contribution in [1.29, 1.82) is 5.26 Å². The van der Waals surface area contributed by atoms with Crippen LogP contribution >= 0.6 is 0 Å². The van der Waals surface area contributed by atoms with Crippen LogP contribution in [0.2, 0.25) is 0 Å². The molecule has 1 unspecified atom stereocenters. The first-order chi connectivity index (χ1) is 10.1. The van der Waals surface area contributed by atoms with Gasteiger partial charge in [-0.3, -0.25) is 4.79 Å². The number of hydrogen-bond acceptors (Lipinski definition) is 3. The van der Waals surface area contributed by atoms with Gasteiger partial charge < -0.3 is 10.2 Å². The van der Waals surface area contributed by atoms with E-state index >= 15 is 0 Å². The van der Waals surface area contributed by atoms with Gasteiger partial charge in [-0.15, -0.1) is 0 Å². The normalized spacial score (nSPS) is 21.6. The Morgan fingerprint density at radius 3 is 2.86 bits per heavy atom. The molecule has 112 valence electrons. The smallest absolute Gasteiger partial charge is 0.234 e. The van der Waals surface area contributed by atoms with Crippen LogP contribution in [0.3, 0.4) is 0 Å². The molecule has 0 aromatic heterocycles. The van der Waals surface area contributed by atoms with Crippen molar-refractivity contribution < 1.29 is 4.79 Å². The fraction of sp³-hybridized carbons (Fsp3) is 0.529. The van der Waals surface area contributed by atoms with E-state index in [4.69, 9.17) is 0 Å². The maximum absolute atomic E-state index is 13.1. The maximum Gasteiger partial charge on any atom is 0.234 e. The molecule has 1 N–H and O–H groups in total. The molecular weight excluding hydrogens is 262 g/mol. The Balaban J connectivity index is 2.30. The molecule has 1 atom stereocenters. The second-order valence-corrected chi connectivity index (χ2v) is 5.80. The minimum Gasteiger partial charge on any atom is -0.316 e. The Morgan fingerprint density at radius 2 is 2.24 bits per heavy atom. The molecule has 4 nitrogen and oxygen atoms in total. The second-order valence-electron chi connectivity index (χ2n) is 5.80. The van der Waals surface area contributed by atoms with Crippen molar-refractivity contribution in [1.82, 2.24) is 5.32 Å². The number of benzene rings is 1. The van der Waals surface area contributed by atoms with Gasteiger partial charge in [-0.25, -0.2) is 0 Å². The summed E-state index contributed by atoms with van der Waals surface area (Å²) in [4.78, 5) is 14.7. The Morgan fingerprint density at radius 1 is 1.48 bits per heavy atom. The van der Waals surface area contributed by atoms with Gasteiger partial charge in [0.1, 0.15) is 6.07 Å². The first kappa shape index (κ1) is 15.5. The van der Waals surface area contributed by atoms with Gasteiger partial charge in [-0.1, -0.05) is 25.5 Å². The van der Waals surface area contributed by atoms with Crippen molar-refractivity contribution in [3.8, 4) is 6.07 Å². The van der Waals surface area contributed by atoms with Crippen LogP contribution in [0.25, 0.3) is 0 Å². The lowest BCUT2D eigenvalue weighted by molar-refractivity contribution is -0.129.